The largest absolute Gasteiger partial charge is 0.317 e. The molecular weight excluding hydrogens is 354 g/mol. The zero-order chi connectivity index (χ0) is 22.1. The van der Waals surface area contributed by atoms with E-state index in [0.717, 1.165) is 37.8 Å². The van der Waals surface area contributed by atoms with E-state index in [-0.39, 0.29) is 0 Å². The number of nitrogens with one attached hydrogen (secondary N) is 1. The van der Waals surface area contributed by atoms with Crippen molar-refractivity contribution in [3.05, 3.63) is 0 Å². The summed E-state index contributed by atoms with van der Waals surface area (Å²) in [6, 6.07) is 0.828. The fourth-order valence-corrected chi connectivity index (χ4v) is 3.33. The van der Waals surface area contributed by atoms with Gasteiger partial charge in [-0.1, -0.05) is 67.2 Å². The van der Waals surface area contributed by atoms with Gasteiger partial charge in [0.15, 0.2) is 0 Å². The van der Waals surface area contributed by atoms with E-state index in [4.69, 9.17) is 9.98 Å². The summed E-state index contributed by atoms with van der Waals surface area (Å²) in [6.45, 7) is 20.3. The van der Waals surface area contributed by atoms with Gasteiger partial charge in [-0.3, -0.25) is 9.98 Å². The Balaban J connectivity index is 3.75. The molecule has 4 unspecified atom stereocenters. The number of hydrogen-bond donors (Lipinski definition) is 1. The molecule has 0 amide bonds. The van der Waals surface area contributed by atoms with Crippen molar-refractivity contribution in [1.82, 2.24) is 5.32 Å². The van der Waals surface area contributed by atoms with Crippen LogP contribution in [0.2, 0.25) is 0 Å². The first kappa shape index (κ1) is 28.3. The van der Waals surface area contributed by atoms with Crippen LogP contribution in [0.1, 0.15) is 107 Å². The van der Waals surface area contributed by atoms with Crippen LogP contribution < -0.4 is 5.32 Å². The smallest absolute Gasteiger partial charge is 0.0479 e. The monoisotopic (exact) mass is 407 g/mol. The van der Waals surface area contributed by atoms with Crippen LogP contribution in [0, 0.1) is 23.7 Å². The molecule has 0 saturated heterocycles. The van der Waals surface area contributed by atoms with Gasteiger partial charge < -0.3 is 5.32 Å². The lowest BCUT2D eigenvalue weighted by Gasteiger charge is -2.12. The molecule has 0 radical (unpaired) electrons. The van der Waals surface area contributed by atoms with Crippen LogP contribution in [0.3, 0.4) is 0 Å². The highest BCUT2D eigenvalue weighted by Gasteiger charge is 2.04. The van der Waals surface area contributed by atoms with Gasteiger partial charge in [0.25, 0.3) is 0 Å². The Kier molecular flexibility index (Phi) is 17.7. The van der Waals surface area contributed by atoms with E-state index in [1.807, 2.05) is 0 Å². The van der Waals surface area contributed by atoms with E-state index in [1.54, 1.807) is 0 Å². The molecule has 0 aromatic rings. The highest BCUT2D eigenvalue weighted by molar-refractivity contribution is 5.60. The van der Waals surface area contributed by atoms with Crippen LogP contribution >= 0.6 is 0 Å². The normalized spacial score (nSPS) is 16.9. The Morgan fingerprint density at radius 2 is 0.931 bits per heavy atom. The molecule has 0 aromatic carbocycles. The van der Waals surface area contributed by atoms with E-state index in [0.29, 0.717) is 23.9 Å². The van der Waals surface area contributed by atoms with Crippen LogP contribution in [0.4, 0.5) is 0 Å². The Bertz CT molecular complexity index is 376. The Hall–Kier alpha value is -0.700. The third kappa shape index (κ3) is 20.4. The van der Waals surface area contributed by atoms with Crippen molar-refractivity contribution < 1.29 is 0 Å². The lowest BCUT2D eigenvalue weighted by Crippen LogP contribution is -2.22. The van der Waals surface area contributed by atoms with Crippen LogP contribution in [0.5, 0.6) is 0 Å². The molecule has 1 N–H and O–H groups in total. The second kappa shape index (κ2) is 18.1. The van der Waals surface area contributed by atoms with Crippen molar-refractivity contribution in [3.8, 4) is 0 Å². The fraction of sp³-hybridized carbons (Fsp3) is 0.923. The first-order valence-corrected chi connectivity index (χ1v) is 12.5. The van der Waals surface area contributed by atoms with Gasteiger partial charge in [-0.05, 0) is 76.3 Å². The molecule has 0 aliphatic rings. The third-order valence-electron chi connectivity index (χ3n) is 5.55. The summed E-state index contributed by atoms with van der Waals surface area (Å²) in [5, 5.41) is 3.57. The van der Waals surface area contributed by atoms with Gasteiger partial charge in [0.2, 0.25) is 0 Å². The standard InChI is InChI=1S/C26H53N3/c1-21(2)11-9-13-23(5)19-28-25(7)15-17-27-18-16-26(8)29-20-24(6)14-10-12-22(3)4/h19-27H,9-18H2,1-8H3. The summed E-state index contributed by atoms with van der Waals surface area (Å²) in [7, 11) is 0. The molecule has 0 aromatic heterocycles. The average Bonchev–Trinajstić information content (AvgIpc) is 2.63. The van der Waals surface area contributed by atoms with Crippen molar-refractivity contribution in [2.24, 2.45) is 33.7 Å². The molecule has 29 heavy (non-hydrogen) atoms. The molecule has 0 bridgehead atoms. The molecule has 3 nitrogen and oxygen atoms in total. The quantitative estimate of drug-likeness (QED) is 0.189. The number of rotatable bonds is 18. The van der Waals surface area contributed by atoms with E-state index < -0.39 is 0 Å². The topological polar surface area (TPSA) is 36.8 Å². The maximum atomic E-state index is 4.75. The van der Waals surface area contributed by atoms with Crippen LogP contribution in [0.25, 0.3) is 0 Å². The summed E-state index contributed by atoms with van der Waals surface area (Å²) in [6.07, 6.45) is 14.4. The Morgan fingerprint density at radius 3 is 1.28 bits per heavy atom. The number of aliphatic imine (C=N–C) groups is 2. The first-order chi connectivity index (χ1) is 13.7. The highest BCUT2D eigenvalue weighted by Crippen LogP contribution is 2.12. The number of nitrogens with zero attached hydrogens (tertiary/aromatic N) is 2. The summed E-state index contributed by atoms with van der Waals surface area (Å²) >= 11 is 0. The summed E-state index contributed by atoms with van der Waals surface area (Å²) < 4.78 is 0. The van der Waals surface area contributed by atoms with E-state index in [9.17, 15) is 0 Å². The van der Waals surface area contributed by atoms with Gasteiger partial charge in [0.05, 0.1) is 0 Å². The van der Waals surface area contributed by atoms with E-state index in [1.165, 1.54) is 38.5 Å². The van der Waals surface area contributed by atoms with E-state index in [2.05, 4.69) is 73.1 Å². The Morgan fingerprint density at radius 1 is 0.552 bits per heavy atom. The zero-order valence-corrected chi connectivity index (χ0v) is 21.1. The molecule has 3 heteroatoms. The minimum atomic E-state index is 0.414. The molecule has 4 atom stereocenters. The fourth-order valence-electron chi connectivity index (χ4n) is 3.33. The Labute approximate surface area is 183 Å². The van der Waals surface area contributed by atoms with Gasteiger partial charge in [-0.25, -0.2) is 0 Å². The SMILES string of the molecule is CC(C)CCCC(C)C=NC(C)CCNCCC(C)N=CC(C)CCCC(C)C. The van der Waals surface area contributed by atoms with Gasteiger partial charge in [0, 0.05) is 24.5 Å². The van der Waals surface area contributed by atoms with Crippen molar-refractivity contribution in [2.75, 3.05) is 13.1 Å². The summed E-state index contributed by atoms with van der Waals surface area (Å²) in [4.78, 5) is 9.50. The van der Waals surface area contributed by atoms with Gasteiger partial charge in [0.1, 0.15) is 0 Å². The summed E-state index contributed by atoms with van der Waals surface area (Å²) in [5.74, 6) is 2.84. The van der Waals surface area contributed by atoms with E-state index >= 15 is 0 Å². The van der Waals surface area contributed by atoms with Crippen LogP contribution in [-0.4, -0.2) is 37.6 Å². The minimum Gasteiger partial charge on any atom is -0.317 e. The zero-order valence-electron chi connectivity index (χ0n) is 21.1. The predicted octanol–water partition coefficient (Wildman–Crippen LogP) is 7.20. The predicted molar refractivity (Wildman–Crippen MR) is 134 cm³/mol. The molecular formula is C26H53N3. The lowest BCUT2D eigenvalue weighted by molar-refractivity contribution is 0.511. The lowest BCUT2D eigenvalue weighted by atomic mass is 10.0. The molecule has 0 rings (SSSR count). The third-order valence-corrected chi connectivity index (χ3v) is 5.55. The van der Waals surface area contributed by atoms with Crippen LogP contribution in [0.15, 0.2) is 9.98 Å². The first-order valence-electron chi connectivity index (χ1n) is 12.5. The number of hydrogen-bond acceptors (Lipinski definition) is 3. The molecule has 172 valence electrons. The van der Waals surface area contributed by atoms with Crippen LogP contribution in [-0.2, 0) is 0 Å². The van der Waals surface area contributed by atoms with Crippen molar-refractivity contribution in [3.63, 3.8) is 0 Å². The van der Waals surface area contributed by atoms with Gasteiger partial charge in [-0.2, -0.15) is 0 Å². The van der Waals surface area contributed by atoms with Gasteiger partial charge in [-0.15, -0.1) is 0 Å². The maximum absolute atomic E-state index is 4.75. The molecule has 0 fully saturated rings. The molecule has 0 saturated carbocycles. The van der Waals surface area contributed by atoms with Gasteiger partial charge >= 0.3 is 0 Å². The van der Waals surface area contributed by atoms with Crippen molar-refractivity contribution in [2.45, 2.75) is 119 Å². The average molecular weight is 408 g/mol. The molecule has 0 spiro atoms. The molecule has 0 aliphatic carbocycles. The van der Waals surface area contributed by atoms with Crippen molar-refractivity contribution >= 4 is 12.4 Å². The summed E-state index contributed by atoms with van der Waals surface area (Å²) in [5.41, 5.74) is 0. The second-order valence-electron chi connectivity index (χ2n) is 10.2. The van der Waals surface area contributed by atoms with Crippen molar-refractivity contribution in [1.29, 1.82) is 0 Å². The second-order valence-corrected chi connectivity index (χ2v) is 10.2. The molecule has 0 aliphatic heterocycles. The maximum Gasteiger partial charge on any atom is 0.0479 e. The molecule has 0 heterocycles. The minimum absolute atomic E-state index is 0.414. The highest BCUT2D eigenvalue weighted by atomic mass is 14.9.